The van der Waals surface area contributed by atoms with Gasteiger partial charge in [-0.25, -0.2) is 0 Å². The molecule has 1 saturated heterocycles. The first kappa shape index (κ1) is 10.1. The molecular formula is C11H18N2S. The van der Waals surface area contributed by atoms with Gasteiger partial charge < -0.3 is 5.73 Å². The molecule has 0 unspecified atom stereocenters. The van der Waals surface area contributed by atoms with E-state index in [9.17, 15) is 0 Å². The lowest BCUT2D eigenvalue weighted by Gasteiger charge is -2.38. The molecule has 0 aromatic carbocycles. The molecule has 0 aliphatic carbocycles. The van der Waals surface area contributed by atoms with Gasteiger partial charge >= 0.3 is 0 Å². The van der Waals surface area contributed by atoms with Crippen LogP contribution in [-0.4, -0.2) is 25.0 Å². The maximum atomic E-state index is 5.84. The molecule has 1 fully saturated rings. The molecule has 2 nitrogen and oxygen atoms in total. The van der Waals surface area contributed by atoms with Crippen LogP contribution in [0.25, 0.3) is 0 Å². The largest absolute Gasteiger partial charge is 0.330 e. The van der Waals surface area contributed by atoms with E-state index >= 15 is 0 Å². The van der Waals surface area contributed by atoms with E-state index < -0.39 is 0 Å². The fourth-order valence-corrected chi connectivity index (χ4v) is 3.40. The number of hydrogen-bond acceptors (Lipinski definition) is 3. The van der Waals surface area contributed by atoms with Gasteiger partial charge in [-0.05, 0) is 50.3 Å². The van der Waals surface area contributed by atoms with Crippen molar-refractivity contribution in [3.05, 3.63) is 22.4 Å². The maximum Gasteiger partial charge on any atom is 0.0478 e. The number of hydrogen-bond donors (Lipinski definition) is 1. The molecule has 0 spiro atoms. The van der Waals surface area contributed by atoms with Gasteiger partial charge in [-0.2, -0.15) is 0 Å². The summed E-state index contributed by atoms with van der Waals surface area (Å²) in [6.45, 7) is 2.02. The summed E-state index contributed by atoms with van der Waals surface area (Å²) in [4.78, 5) is 3.93. The lowest BCUT2D eigenvalue weighted by Crippen LogP contribution is -2.38. The van der Waals surface area contributed by atoms with E-state index in [1.54, 1.807) is 0 Å². The minimum atomic E-state index is 0.564. The average molecular weight is 210 g/mol. The van der Waals surface area contributed by atoms with Crippen LogP contribution in [0, 0.1) is 5.92 Å². The van der Waals surface area contributed by atoms with Gasteiger partial charge in [0.2, 0.25) is 0 Å². The van der Waals surface area contributed by atoms with Crippen LogP contribution in [0.15, 0.2) is 17.5 Å². The highest BCUT2D eigenvalue weighted by atomic mass is 32.1. The van der Waals surface area contributed by atoms with Crippen LogP contribution < -0.4 is 5.73 Å². The summed E-state index contributed by atoms with van der Waals surface area (Å²) in [6, 6.07) is 4.93. The Bertz CT molecular complexity index is 271. The summed E-state index contributed by atoms with van der Waals surface area (Å²) in [5.41, 5.74) is 5.84. The molecule has 1 aromatic rings. The standard InChI is InChI=1S/C11H18N2S/c1-13-6-2-4-9(8-12)11(13)10-5-3-7-14-10/h3,5,7,9,11H,2,4,6,8,12H2,1H3/t9-,11-/m0/s1. The van der Waals surface area contributed by atoms with Crippen LogP contribution in [0.1, 0.15) is 23.8 Å². The summed E-state index contributed by atoms with van der Waals surface area (Å²) in [6.07, 6.45) is 2.57. The van der Waals surface area contributed by atoms with Gasteiger partial charge in [0.25, 0.3) is 0 Å². The van der Waals surface area contributed by atoms with E-state index in [0.29, 0.717) is 12.0 Å². The van der Waals surface area contributed by atoms with Crippen molar-refractivity contribution >= 4 is 11.3 Å². The third-order valence-corrected chi connectivity index (χ3v) is 4.09. The summed E-state index contributed by atoms with van der Waals surface area (Å²) in [5, 5.41) is 2.16. The Balaban J connectivity index is 2.19. The van der Waals surface area contributed by atoms with E-state index in [1.807, 2.05) is 11.3 Å². The zero-order chi connectivity index (χ0) is 9.97. The highest BCUT2D eigenvalue weighted by Crippen LogP contribution is 2.36. The van der Waals surface area contributed by atoms with Gasteiger partial charge in [-0.15, -0.1) is 11.3 Å². The highest BCUT2D eigenvalue weighted by molar-refractivity contribution is 7.10. The van der Waals surface area contributed by atoms with E-state index in [2.05, 4.69) is 29.5 Å². The predicted octanol–water partition coefficient (Wildman–Crippen LogP) is 2.09. The molecule has 78 valence electrons. The minimum Gasteiger partial charge on any atom is -0.330 e. The second kappa shape index (κ2) is 4.43. The number of nitrogens with zero attached hydrogens (tertiary/aromatic N) is 1. The molecule has 1 aromatic heterocycles. The molecule has 1 aliphatic rings. The third-order valence-electron chi connectivity index (χ3n) is 3.14. The maximum absolute atomic E-state index is 5.84. The normalized spacial score (nSPS) is 29.3. The van der Waals surface area contributed by atoms with E-state index in [-0.39, 0.29) is 0 Å². The van der Waals surface area contributed by atoms with Crippen LogP contribution in [-0.2, 0) is 0 Å². The molecule has 2 N–H and O–H groups in total. The van der Waals surface area contributed by atoms with Crippen molar-refractivity contribution in [2.75, 3.05) is 20.1 Å². The first-order valence-corrected chi connectivity index (χ1v) is 6.14. The third kappa shape index (κ3) is 1.85. The Labute approximate surface area is 89.7 Å². The topological polar surface area (TPSA) is 29.3 Å². The highest BCUT2D eigenvalue weighted by Gasteiger charge is 2.29. The fourth-order valence-electron chi connectivity index (χ4n) is 2.42. The van der Waals surface area contributed by atoms with E-state index in [0.717, 1.165) is 6.54 Å². The van der Waals surface area contributed by atoms with Crippen molar-refractivity contribution in [3.8, 4) is 0 Å². The van der Waals surface area contributed by atoms with E-state index in [4.69, 9.17) is 5.73 Å². The van der Waals surface area contributed by atoms with Gasteiger partial charge in [0.05, 0.1) is 0 Å². The zero-order valence-corrected chi connectivity index (χ0v) is 9.46. The molecule has 14 heavy (non-hydrogen) atoms. The zero-order valence-electron chi connectivity index (χ0n) is 8.65. The average Bonchev–Trinajstić information content (AvgIpc) is 2.70. The Hall–Kier alpha value is -0.380. The first-order chi connectivity index (χ1) is 6.83. The van der Waals surface area contributed by atoms with Crippen LogP contribution in [0.3, 0.4) is 0 Å². The van der Waals surface area contributed by atoms with Crippen LogP contribution in [0.4, 0.5) is 0 Å². The van der Waals surface area contributed by atoms with Gasteiger partial charge in [-0.3, -0.25) is 4.90 Å². The predicted molar refractivity (Wildman–Crippen MR) is 61.5 cm³/mol. The van der Waals surface area contributed by atoms with Gasteiger partial charge in [0.1, 0.15) is 0 Å². The van der Waals surface area contributed by atoms with E-state index in [1.165, 1.54) is 24.3 Å². The molecule has 2 heterocycles. The molecule has 0 radical (unpaired) electrons. The fraction of sp³-hybridized carbons (Fsp3) is 0.636. The number of rotatable bonds is 2. The van der Waals surface area contributed by atoms with Gasteiger partial charge in [0.15, 0.2) is 0 Å². The monoisotopic (exact) mass is 210 g/mol. The summed E-state index contributed by atoms with van der Waals surface area (Å²) < 4.78 is 0. The van der Waals surface area contributed by atoms with Crippen molar-refractivity contribution in [1.82, 2.24) is 4.90 Å². The molecular weight excluding hydrogens is 192 g/mol. The van der Waals surface area contributed by atoms with Crippen LogP contribution in [0.2, 0.25) is 0 Å². The molecule has 0 amide bonds. The minimum absolute atomic E-state index is 0.564. The quantitative estimate of drug-likeness (QED) is 0.810. The number of piperidine rings is 1. The van der Waals surface area contributed by atoms with Crippen molar-refractivity contribution in [2.45, 2.75) is 18.9 Å². The Morgan fingerprint density at radius 1 is 1.64 bits per heavy atom. The Morgan fingerprint density at radius 2 is 2.50 bits per heavy atom. The SMILES string of the molecule is CN1CCC[C@@H](CN)[C@H]1c1cccs1. The van der Waals surface area contributed by atoms with Gasteiger partial charge in [0, 0.05) is 10.9 Å². The first-order valence-electron chi connectivity index (χ1n) is 5.26. The van der Waals surface area contributed by atoms with Crippen molar-refractivity contribution in [2.24, 2.45) is 11.7 Å². The Morgan fingerprint density at radius 3 is 3.14 bits per heavy atom. The Kier molecular flexibility index (Phi) is 3.21. The smallest absolute Gasteiger partial charge is 0.0478 e. The molecule has 1 aliphatic heterocycles. The second-order valence-corrected chi connectivity index (χ2v) is 5.06. The summed E-state index contributed by atoms with van der Waals surface area (Å²) in [7, 11) is 2.21. The second-order valence-electron chi connectivity index (χ2n) is 4.08. The number of likely N-dealkylation sites (tertiary alicyclic amines) is 1. The van der Waals surface area contributed by atoms with Crippen LogP contribution >= 0.6 is 11.3 Å². The summed E-state index contributed by atoms with van der Waals surface area (Å²) >= 11 is 1.86. The van der Waals surface area contributed by atoms with Crippen molar-refractivity contribution < 1.29 is 0 Å². The molecule has 0 saturated carbocycles. The van der Waals surface area contributed by atoms with Gasteiger partial charge in [-0.1, -0.05) is 6.07 Å². The van der Waals surface area contributed by atoms with Crippen LogP contribution in [0.5, 0.6) is 0 Å². The summed E-state index contributed by atoms with van der Waals surface area (Å²) in [5.74, 6) is 0.646. The molecule has 2 atom stereocenters. The molecule has 3 heteroatoms. The molecule has 0 bridgehead atoms. The number of thiophene rings is 1. The molecule has 2 rings (SSSR count). The number of nitrogens with two attached hydrogens (primary N) is 1. The van der Waals surface area contributed by atoms with Crippen molar-refractivity contribution in [3.63, 3.8) is 0 Å². The van der Waals surface area contributed by atoms with Crippen molar-refractivity contribution in [1.29, 1.82) is 0 Å². The lowest BCUT2D eigenvalue weighted by atomic mass is 9.88. The lowest BCUT2D eigenvalue weighted by molar-refractivity contribution is 0.128.